The van der Waals surface area contributed by atoms with Gasteiger partial charge in [-0.05, 0) is 57.1 Å². The van der Waals surface area contributed by atoms with Crippen LogP contribution >= 0.6 is 27.5 Å². The molecule has 0 spiro atoms. The summed E-state index contributed by atoms with van der Waals surface area (Å²) in [5.74, 6) is 0. The molecule has 1 aliphatic rings. The van der Waals surface area contributed by atoms with Crippen LogP contribution in [0.25, 0.3) is 0 Å². The number of halogens is 2. The summed E-state index contributed by atoms with van der Waals surface area (Å²) in [5, 5.41) is 4.13. The minimum atomic E-state index is 0.695. The van der Waals surface area contributed by atoms with Crippen LogP contribution in [0, 0.1) is 0 Å². The lowest BCUT2D eigenvalue weighted by Crippen LogP contribution is -2.40. The molecule has 0 aromatic heterocycles. The second kappa shape index (κ2) is 7.63. The van der Waals surface area contributed by atoms with Crippen molar-refractivity contribution in [2.45, 2.75) is 38.3 Å². The van der Waals surface area contributed by atoms with Crippen LogP contribution in [-0.2, 0) is 6.54 Å². The molecule has 1 aliphatic heterocycles. The topological polar surface area (TPSA) is 15.3 Å². The molecule has 0 radical (unpaired) electrons. The van der Waals surface area contributed by atoms with Crippen LogP contribution in [0.2, 0.25) is 5.02 Å². The van der Waals surface area contributed by atoms with Crippen molar-refractivity contribution in [1.82, 2.24) is 10.2 Å². The number of nitrogens with one attached hydrogen (secondary N) is 1. The van der Waals surface area contributed by atoms with Crippen LogP contribution < -0.4 is 5.32 Å². The molecule has 1 aromatic carbocycles. The quantitative estimate of drug-likeness (QED) is 0.865. The van der Waals surface area contributed by atoms with E-state index in [4.69, 9.17) is 11.6 Å². The maximum atomic E-state index is 6.33. The Labute approximate surface area is 129 Å². The van der Waals surface area contributed by atoms with Crippen molar-refractivity contribution in [3.05, 3.63) is 33.3 Å². The van der Waals surface area contributed by atoms with Crippen molar-refractivity contribution in [3.63, 3.8) is 0 Å². The zero-order valence-electron chi connectivity index (χ0n) is 11.5. The summed E-state index contributed by atoms with van der Waals surface area (Å²) >= 11 is 9.79. The number of likely N-dealkylation sites (tertiary alicyclic amines) is 1. The van der Waals surface area contributed by atoms with E-state index in [9.17, 15) is 0 Å². The molecule has 0 saturated carbocycles. The van der Waals surface area contributed by atoms with E-state index in [1.54, 1.807) is 0 Å². The van der Waals surface area contributed by atoms with Gasteiger partial charge in [0.2, 0.25) is 0 Å². The van der Waals surface area contributed by atoms with Crippen LogP contribution in [0.1, 0.15) is 31.2 Å². The predicted octanol–water partition coefficient (Wildman–Crippen LogP) is 4.07. The van der Waals surface area contributed by atoms with E-state index in [1.165, 1.54) is 37.8 Å². The molecular weight excluding hydrogens is 324 g/mol. The van der Waals surface area contributed by atoms with Gasteiger partial charge >= 0.3 is 0 Å². The van der Waals surface area contributed by atoms with Crippen LogP contribution in [-0.4, -0.2) is 31.1 Å². The van der Waals surface area contributed by atoms with E-state index in [0.717, 1.165) is 22.6 Å². The Kier molecular flexibility index (Phi) is 6.14. The summed E-state index contributed by atoms with van der Waals surface area (Å²) in [6, 6.07) is 6.90. The van der Waals surface area contributed by atoms with Crippen molar-refractivity contribution in [2.24, 2.45) is 0 Å². The van der Waals surface area contributed by atoms with E-state index >= 15 is 0 Å². The van der Waals surface area contributed by atoms with Gasteiger partial charge in [0.05, 0.1) is 0 Å². The number of hydrogen-bond acceptors (Lipinski definition) is 2. The Hall–Kier alpha value is -0.0900. The van der Waals surface area contributed by atoms with Crippen LogP contribution in [0.15, 0.2) is 22.7 Å². The van der Waals surface area contributed by atoms with Crippen molar-refractivity contribution < 1.29 is 0 Å². The Morgan fingerprint density at radius 3 is 3.00 bits per heavy atom. The molecule has 0 amide bonds. The van der Waals surface area contributed by atoms with E-state index in [1.807, 2.05) is 13.1 Å². The Morgan fingerprint density at radius 1 is 1.42 bits per heavy atom. The molecule has 2 nitrogen and oxygen atoms in total. The monoisotopic (exact) mass is 344 g/mol. The second-order valence-corrected chi connectivity index (χ2v) is 6.57. The lowest BCUT2D eigenvalue weighted by atomic mass is 9.98. The Balaban J connectivity index is 2.02. The number of rotatable bonds is 5. The average molecular weight is 346 g/mol. The highest BCUT2D eigenvalue weighted by atomic mass is 79.9. The summed E-state index contributed by atoms with van der Waals surface area (Å²) in [5.41, 5.74) is 1.24. The average Bonchev–Trinajstić information content (AvgIpc) is 2.41. The van der Waals surface area contributed by atoms with E-state index in [0.29, 0.717) is 6.04 Å². The molecule has 1 atom stereocenters. The van der Waals surface area contributed by atoms with Gasteiger partial charge in [-0.2, -0.15) is 0 Å². The molecule has 2 rings (SSSR count). The van der Waals surface area contributed by atoms with Crippen molar-refractivity contribution >= 4 is 27.5 Å². The summed E-state index contributed by atoms with van der Waals surface area (Å²) in [7, 11) is 2.03. The first-order valence-electron chi connectivity index (χ1n) is 7.03. The van der Waals surface area contributed by atoms with E-state index in [-0.39, 0.29) is 0 Å². The highest BCUT2D eigenvalue weighted by Gasteiger charge is 2.22. The SMILES string of the molecule is CNCCC1CCCCN1Cc1ccc(Br)cc1Cl. The normalized spacial score (nSPS) is 20.7. The molecular formula is C15H22BrClN2. The molecule has 1 unspecified atom stereocenters. The highest BCUT2D eigenvalue weighted by Crippen LogP contribution is 2.26. The fraction of sp³-hybridized carbons (Fsp3) is 0.600. The molecule has 1 saturated heterocycles. The first-order valence-corrected chi connectivity index (χ1v) is 8.20. The molecule has 0 aliphatic carbocycles. The Morgan fingerprint density at radius 2 is 2.26 bits per heavy atom. The van der Waals surface area contributed by atoms with Gasteiger partial charge in [0, 0.05) is 22.1 Å². The number of benzene rings is 1. The summed E-state index contributed by atoms with van der Waals surface area (Å²) in [6.45, 7) is 3.26. The molecule has 1 heterocycles. The van der Waals surface area contributed by atoms with Gasteiger partial charge < -0.3 is 5.32 Å². The van der Waals surface area contributed by atoms with Crippen LogP contribution in [0.3, 0.4) is 0 Å². The minimum absolute atomic E-state index is 0.695. The van der Waals surface area contributed by atoms with Gasteiger partial charge in [-0.3, -0.25) is 4.90 Å². The first kappa shape index (κ1) is 15.3. The van der Waals surface area contributed by atoms with Crippen molar-refractivity contribution in [2.75, 3.05) is 20.1 Å². The third-order valence-corrected chi connectivity index (χ3v) is 4.71. The lowest BCUT2D eigenvalue weighted by molar-refractivity contribution is 0.132. The molecule has 1 aromatic rings. The molecule has 19 heavy (non-hydrogen) atoms. The van der Waals surface area contributed by atoms with Gasteiger partial charge in [0.15, 0.2) is 0 Å². The smallest absolute Gasteiger partial charge is 0.0462 e. The summed E-state index contributed by atoms with van der Waals surface area (Å²) < 4.78 is 1.05. The van der Waals surface area contributed by atoms with E-state index < -0.39 is 0 Å². The van der Waals surface area contributed by atoms with Crippen LogP contribution in [0.5, 0.6) is 0 Å². The number of piperidine rings is 1. The zero-order valence-corrected chi connectivity index (χ0v) is 13.8. The van der Waals surface area contributed by atoms with Crippen LogP contribution in [0.4, 0.5) is 0 Å². The number of nitrogens with zero attached hydrogens (tertiary/aromatic N) is 1. The van der Waals surface area contributed by atoms with E-state index in [2.05, 4.69) is 38.3 Å². The molecule has 0 bridgehead atoms. The lowest BCUT2D eigenvalue weighted by Gasteiger charge is -2.36. The first-order chi connectivity index (χ1) is 9.20. The standard InChI is InChI=1S/C15H22BrClN2/c1-18-8-7-14-4-2-3-9-19(14)11-12-5-6-13(16)10-15(12)17/h5-6,10,14,18H,2-4,7-9,11H2,1H3. The largest absolute Gasteiger partial charge is 0.320 e. The third-order valence-electron chi connectivity index (χ3n) is 3.87. The molecule has 4 heteroatoms. The van der Waals surface area contributed by atoms with Gasteiger partial charge in [-0.15, -0.1) is 0 Å². The fourth-order valence-electron chi connectivity index (χ4n) is 2.77. The summed E-state index contributed by atoms with van der Waals surface area (Å²) in [6.07, 6.45) is 5.21. The van der Waals surface area contributed by atoms with Gasteiger partial charge in [-0.1, -0.05) is 40.0 Å². The zero-order chi connectivity index (χ0) is 13.7. The highest BCUT2D eigenvalue weighted by molar-refractivity contribution is 9.10. The Bertz CT molecular complexity index is 411. The molecule has 106 valence electrons. The van der Waals surface area contributed by atoms with Gasteiger partial charge in [-0.25, -0.2) is 0 Å². The van der Waals surface area contributed by atoms with Crippen molar-refractivity contribution in [1.29, 1.82) is 0 Å². The summed E-state index contributed by atoms with van der Waals surface area (Å²) in [4.78, 5) is 2.59. The van der Waals surface area contributed by atoms with Gasteiger partial charge in [0.1, 0.15) is 0 Å². The maximum absolute atomic E-state index is 6.33. The molecule has 1 N–H and O–H groups in total. The predicted molar refractivity (Wildman–Crippen MR) is 85.7 cm³/mol. The maximum Gasteiger partial charge on any atom is 0.0462 e. The second-order valence-electron chi connectivity index (χ2n) is 5.25. The van der Waals surface area contributed by atoms with Gasteiger partial charge in [0.25, 0.3) is 0 Å². The minimum Gasteiger partial charge on any atom is -0.320 e. The fourth-order valence-corrected chi connectivity index (χ4v) is 3.51. The third kappa shape index (κ3) is 4.45. The van der Waals surface area contributed by atoms with Crippen molar-refractivity contribution in [3.8, 4) is 0 Å². The number of hydrogen-bond donors (Lipinski definition) is 1. The molecule has 1 fully saturated rings.